The molecule has 4 heteroatoms. The molecule has 0 fully saturated rings. The van der Waals surface area contributed by atoms with E-state index in [0.29, 0.717) is 12.1 Å². The van der Waals surface area contributed by atoms with Gasteiger partial charge in [0.15, 0.2) is 0 Å². The van der Waals surface area contributed by atoms with Crippen molar-refractivity contribution in [1.29, 1.82) is 0 Å². The molecular weight excluding hydrogens is 273 g/mol. The first-order valence-corrected chi connectivity index (χ1v) is 6.25. The van der Waals surface area contributed by atoms with Crippen LogP contribution in [0.3, 0.4) is 0 Å². The van der Waals surface area contributed by atoms with Gasteiger partial charge in [-0.15, -0.1) is 0 Å². The number of rotatable bonds is 4. The van der Waals surface area contributed by atoms with Crippen LogP contribution in [0.15, 0.2) is 18.2 Å². The van der Waals surface area contributed by atoms with Crippen LogP contribution in [0.5, 0.6) is 0 Å². The maximum atomic E-state index is 13.1. The standard InChI is InChI=1S/C12H15BrFNO/c1-9-6-10(8-11(14)7-9)12(16)15(2)5-3-4-13/h6-8H,3-5H2,1-2H3. The molecule has 0 atom stereocenters. The maximum absolute atomic E-state index is 13.1. The van der Waals surface area contributed by atoms with E-state index in [1.54, 1.807) is 24.9 Å². The Balaban J connectivity index is 2.79. The van der Waals surface area contributed by atoms with E-state index in [0.717, 1.165) is 17.3 Å². The lowest BCUT2D eigenvalue weighted by molar-refractivity contribution is 0.0795. The van der Waals surface area contributed by atoms with E-state index in [-0.39, 0.29) is 11.7 Å². The number of aryl methyl sites for hydroxylation is 1. The minimum absolute atomic E-state index is 0.136. The number of alkyl halides is 1. The van der Waals surface area contributed by atoms with Gasteiger partial charge in [0.1, 0.15) is 5.82 Å². The number of nitrogens with zero attached hydrogens (tertiary/aromatic N) is 1. The maximum Gasteiger partial charge on any atom is 0.253 e. The Hall–Kier alpha value is -0.900. The zero-order valence-corrected chi connectivity index (χ0v) is 11.1. The highest BCUT2D eigenvalue weighted by molar-refractivity contribution is 9.09. The first-order valence-electron chi connectivity index (χ1n) is 5.13. The minimum atomic E-state index is -0.364. The molecule has 0 unspecified atom stereocenters. The molecule has 88 valence electrons. The third-order valence-corrected chi connectivity index (χ3v) is 2.82. The van der Waals surface area contributed by atoms with Gasteiger partial charge in [-0.3, -0.25) is 4.79 Å². The average Bonchev–Trinajstić information content (AvgIpc) is 2.23. The third kappa shape index (κ3) is 3.59. The van der Waals surface area contributed by atoms with Crippen LogP contribution >= 0.6 is 15.9 Å². The lowest BCUT2D eigenvalue weighted by Gasteiger charge is -2.16. The van der Waals surface area contributed by atoms with Crippen molar-refractivity contribution in [2.75, 3.05) is 18.9 Å². The van der Waals surface area contributed by atoms with E-state index in [9.17, 15) is 9.18 Å². The number of benzene rings is 1. The summed E-state index contributed by atoms with van der Waals surface area (Å²) in [6.45, 7) is 2.44. The van der Waals surface area contributed by atoms with Gasteiger partial charge in [-0.2, -0.15) is 0 Å². The van der Waals surface area contributed by atoms with Gasteiger partial charge >= 0.3 is 0 Å². The van der Waals surface area contributed by atoms with Crippen LogP contribution in [-0.2, 0) is 0 Å². The molecule has 0 spiro atoms. The fraction of sp³-hybridized carbons (Fsp3) is 0.417. The zero-order chi connectivity index (χ0) is 12.1. The largest absolute Gasteiger partial charge is 0.342 e. The monoisotopic (exact) mass is 287 g/mol. The van der Waals surface area contributed by atoms with Gasteiger partial charge in [-0.25, -0.2) is 4.39 Å². The second kappa shape index (κ2) is 5.99. The van der Waals surface area contributed by atoms with E-state index in [2.05, 4.69) is 15.9 Å². The van der Waals surface area contributed by atoms with Crippen molar-refractivity contribution < 1.29 is 9.18 Å². The quantitative estimate of drug-likeness (QED) is 0.780. The fourth-order valence-electron chi connectivity index (χ4n) is 1.48. The van der Waals surface area contributed by atoms with Crippen molar-refractivity contribution in [3.63, 3.8) is 0 Å². The molecule has 16 heavy (non-hydrogen) atoms. The molecule has 1 amide bonds. The van der Waals surface area contributed by atoms with E-state index in [1.807, 2.05) is 0 Å². The van der Waals surface area contributed by atoms with Gasteiger partial charge in [0.05, 0.1) is 0 Å². The van der Waals surface area contributed by atoms with Crippen LogP contribution in [0, 0.1) is 12.7 Å². The summed E-state index contributed by atoms with van der Waals surface area (Å²) in [7, 11) is 1.73. The van der Waals surface area contributed by atoms with Crippen LogP contribution in [0.4, 0.5) is 4.39 Å². The molecule has 0 bridgehead atoms. The van der Waals surface area contributed by atoms with Gasteiger partial charge < -0.3 is 4.90 Å². The summed E-state index contributed by atoms with van der Waals surface area (Å²) in [6, 6.07) is 4.39. The number of carbonyl (C=O) groups is 1. The minimum Gasteiger partial charge on any atom is -0.342 e. The molecule has 0 N–H and O–H groups in total. The molecule has 1 aromatic carbocycles. The highest BCUT2D eigenvalue weighted by Gasteiger charge is 2.12. The van der Waals surface area contributed by atoms with Crippen molar-refractivity contribution in [2.24, 2.45) is 0 Å². The Bertz CT molecular complexity index is 361. The van der Waals surface area contributed by atoms with Crippen LogP contribution in [0.25, 0.3) is 0 Å². The van der Waals surface area contributed by atoms with Crippen molar-refractivity contribution >= 4 is 21.8 Å². The van der Waals surface area contributed by atoms with Gasteiger partial charge in [0.2, 0.25) is 0 Å². The van der Waals surface area contributed by atoms with E-state index >= 15 is 0 Å². The van der Waals surface area contributed by atoms with Crippen LogP contribution in [0.1, 0.15) is 22.3 Å². The second-order valence-corrected chi connectivity index (χ2v) is 4.58. The summed E-state index contributed by atoms with van der Waals surface area (Å²) >= 11 is 3.31. The van der Waals surface area contributed by atoms with E-state index in [1.165, 1.54) is 12.1 Å². The molecule has 0 aliphatic carbocycles. The molecule has 0 saturated heterocycles. The summed E-state index contributed by atoms with van der Waals surface area (Å²) in [6.07, 6.45) is 0.885. The van der Waals surface area contributed by atoms with Crippen molar-refractivity contribution in [2.45, 2.75) is 13.3 Å². The summed E-state index contributed by atoms with van der Waals surface area (Å²) in [5, 5.41) is 0.854. The lowest BCUT2D eigenvalue weighted by atomic mass is 10.1. The molecule has 0 aliphatic rings. The van der Waals surface area contributed by atoms with Crippen LogP contribution < -0.4 is 0 Å². The highest BCUT2D eigenvalue weighted by atomic mass is 79.9. The van der Waals surface area contributed by atoms with Crippen LogP contribution in [0.2, 0.25) is 0 Å². The number of halogens is 2. The van der Waals surface area contributed by atoms with Crippen molar-refractivity contribution in [1.82, 2.24) is 4.90 Å². The Morgan fingerprint density at radius 2 is 2.12 bits per heavy atom. The topological polar surface area (TPSA) is 20.3 Å². The highest BCUT2D eigenvalue weighted by Crippen LogP contribution is 2.10. The van der Waals surface area contributed by atoms with E-state index in [4.69, 9.17) is 0 Å². The van der Waals surface area contributed by atoms with Gasteiger partial charge in [-0.1, -0.05) is 15.9 Å². The Morgan fingerprint density at radius 1 is 1.44 bits per heavy atom. The summed E-state index contributed by atoms with van der Waals surface area (Å²) < 4.78 is 13.1. The molecule has 0 saturated carbocycles. The van der Waals surface area contributed by atoms with Gasteiger partial charge in [0.25, 0.3) is 5.91 Å². The third-order valence-electron chi connectivity index (χ3n) is 2.26. The molecule has 1 aromatic rings. The summed E-state index contributed by atoms with van der Waals surface area (Å²) in [5.41, 5.74) is 1.17. The van der Waals surface area contributed by atoms with Crippen molar-refractivity contribution in [3.05, 3.63) is 35.1 Å². The number of hydrogen-bond donors (Lipinski definition) is 0. The molecule has 0 heterocycles. The first kappa shape index (κ1) is 13.2. The molecule has 0 aromatic heterocycles. The van der Waals surface area contributed by atoms with Crippen molar-refractivity contribution in [3.8, 4) is 0 Å². The fourth-order valence-corrected chi connectivity index (χ4v) is 1.73. The predicted octanol–water partition coefficient (Wildman–Crippen LogP) is 2.99. The number of carbonyl (C=O) groups excluding carboxylic acids is 1. The summed E-state index contributed by atoms with van der Waals surface area (Å²) in [5.74, 6) is -0.499. The number of hydrogen-bond acceptors (Lipinski definition) is 1. The first-order chi connectivity index (χ1) is 7.54. The molecule has 0 aliphatic heterocycles. The normalized spacial score (nSPS) is 10.2. The Kier molecular flexibility index (Phi) is 4.93. The molecule has 1 rings (SSSR count). The number of amides is 1. The lowest BCUT2D eigenvalue weighted by Crippen LogP contribution is -2.28. The van der Waals surface area contributed by atoms with Gasteiger partial charge in [-0.05, 0) is 37.1 Å². The zero-order valence-electron chi connectivity index (χ0n) is 9.46. The summed E-state index contributed by atoms with van der Waals surface area (Å²) in [4.78, 5) is 13.5. The smallest absolute Gasteiger partial charge is 0.253 e. The molecule has 0 radical (unpaired) electrons. The van der Waals surface area contributed by atoms with Crippen LogP contribution in [-0.4, -0.2) is 29.7 Å². The van der Waals surface area contributed by atoms with Gasteiger partial charge in [0, 0.05) is 24.5 Å². The Morgan fingerprint density at radius 3 is 2.69 bits per heavy atom. The van der Waals surface area contributed by atoms with E-state index < -0.39 is 0 Å². The Labute approximate surface area is 104 Å². The molecular formula is C12H15BrFNO. The SMILES string of the molecule is Cc1cc(F)cc(C(=O)N(C)CCCBr)c1. The molecule has 2 nitrogen and oxygen atoms in total. The predicted molar refractivity (Wildman–Crippen MR) is 66.5 cm³/mol. The average molecular weight is 288 g/mol. The second-order valence-electron chi connectivity index (χ2n) is 3.79.